The van der Waals surface area contributed by atoms with Crippen LogP contribution in [-0.2, 0) is 13.6 Å². The summed E-state index contributed by atoms with van der Waals surface area (Å²) in [5, 5.41) is 4.08. The molecule has 0 spiro atoms. The standard InChI is InChI=1S/C18H25N3O2Si/c1-14-9-10-15(8-7-11-24(4,5)6)12-16(14)13-21-17(23-3)19-20(2)18(21)22/h9-10,12H,11,13H2,1-6H3. The van der Waals surface area contributed by atoms with Gasteiger partial charge in [-0.3, -0.25) is 0 Å². The maximum absolute atomic E-state index is 12.2. The molecule has 0 fully saturated rings. The van der Waals surface area contributed by atoms with E-state index in [4.69, 9.17) is 4.74 Å². The lowest BCUT2D eigenvalue weighted by Gasteiger charge is -2.10. The second kappa shape index (κ2) is 7.10. The van der Waals surface area contributed by atoms with E-state index in [9.17, 15) is 4.79 Å². The first-order chi connectivity index (χ1) is 11.2. The second-order valence-electron chi connectivity index (χ2n) is 7.16. The molecule has 1 heterocycles. The minimum absolute atomic E-state index is 0.193. The Bertz CT molecular complexity index is 848. The van der Waals surface area contributed by atoms with Crippen molar-refractivity contribution in [3.05, 3.63) is 45.4 Å². The molecule has 0 aliphatic heterocycles. The number of aromatic nitrogens is 3. The fourth-order valence-electron chi connectivity index (χ4n) is 2.27. The Balaban J connectivity index is 2.32. The van der Waals surface area contributed by atoms with Crippen molar-refractivity contribution in [2.75, 3.05) is 7.11 Å². The molecule has 5 nitrogen and oxygen atoms in total. The minimum Gasteiger partial charge on any atom is -0.467 e. The maximum Gasteiger partial charge on any atom is 0.348 e. The number of hydrogen-bond donors (Lipinski definition) is 0. The van der Waals surface area contributed by atoms with Crippen molar-refractivity contribution in [1.29, 1.82) is 0 Å². The van der Waals surface area contributed by atoms with E-state index in [1.807, 2.05) is 25.1 Å². The van der Waals surface area contributed by atoms with Crippen molar-refractivity contribution in [3.63, 3.8) is 0 Å². The number of methoxy groups -OCH3 is 1. The van der Waals surface area contributed by atoms with Gasteiger partial charge in [-0.05, 0) is 30.2 Å². The molecule has 0 aliphatic carbocycles. The van der Waals surface area contributed by atoms with Gasteiger partial charge < -0.3 is 4.74 Å². The van der Waals surface area contributed by atoms with Crippen molar-refractivity contribution in [2.45, 2.75) is 39.2 Å². The molecule has 0 amide bonds. The summed E-state index contributed by atoms with van der Waals surface area (Å²) >= 11 is 0. The van der Waals surface area contributed by atoms with Gasteiger partial charge in [-0.1, -0.05) is 31.6 Å². The highest BCUT2D eigenvalue weighted by atomic mass is 28.3. The van der Waals surface area contributed by atoms with Gasteiger partial charge in [0.25, 0.3) is 0 Å². The molecule has 6 heteroatoms. The summed E-state index contributed by atoms with van der Waals surface area (Å²) in [5.41, 5.74) is 2.94. The zero-order chi connectivity index (χ0) is 17.9. The lowest BCUT2D eigenvalue weighted by atomic mass is 10.1. The van der Waals surface area contributed by atoms with Gasteiger partial charge >= 0.3 is 11.7 Å². The van der Waals surface area contributed by atoms with Crippen LogP contribution in [0.5, 0.6) is 6.01 Å². The molecule has 0 saturated heterocycles. The normalized spacial score (nSPS) is 11.1. The van der Waals surface area contributed by atoms with Crippen LogP contribution >= 0.6 is 0 Å². The molecule has 1 aromatic carbocycles. The fourth-order valence-corrected chi connectivity index (χ4v) is 2.89. The van der Waals surface area contributed by atoms with Gasteiger partial charge in [-0.2, -0.15) is 0 Å². The zero-order valence-electron chi connectivity index (χ0n) is 15.3. The maximum atomic E-state index is 12.2. The topological polar surface area (TPSA) is 49.1 Å². The van der Waals surface area contributed by atoms with E-state index in [-0.39, 0.29) is 5.69 Å². The summed E-state index contributed by atoms with van der Waals surface area (Å²) in [4.78, 5) is 12.2. The molecule has 0 saturated carbocycles. The Morgan fingerprint density at radius 2 is 2.00 bits per heavy atom. The highest BCUT2D eigenvalue weighted by Gasteiger charge is 2.13. The van der Waals surface area contributed by atoms with Crippen LogP contribution in [0.2, 0.25) is 25.7 Å². The largest absolute Gasteiger partial charge is 0.467 e. The van der Waals surface area contributed by atoms with Crippen LogP contribution < -0.4 is 10.4 Å². The average Bonchev–Trinajstić information content (AvgIpc) is 2.77. The SMILES string of the molecule is COc1nn(C)c(=O)n1Cc1cc(C#CC[Si](C)(C)C)ccc1C. The number of ether oxygens (including phenoxy) is 1. The van der Waals surface area contributed by atoms with E-state index in [0.717, 1.165) is 22.7 Å². The van der Waals surface area contributed by atoms with Crippen LogP contribution in [0.15, 0.2) is 23.0 Å². The Labute approximate surface area is 144 Å². The molecule has 2 rings (SSSR count). The summed E-state index contributed by atoms with van der Waals surface area (Å²) in [7, 11) is 1.97. The van der Waals surface area contributed by atoms with Gasteiger partial charge in [0.2, 0.25) is 0 Å². The molecule has 0 unspecified atom stereocenters. The van der Waals surface area contributed by atoms with Gasteiger partial charge in [0, 0.05) is 18.7 Å². The molecule has 0 bridgehead atoms. The lowest BCUT2D eigenvalue weighted by molar-refractivity contribution is 0.357. The second-order valence-corrected chi connectivity index (χ2v) is 12.6. The number of benzene rings is 1. The smallest absolute Gasteiger partial charge is 0.348 e. The molecule has 128 valence electrons. The van der Waals surface area contributed by atoms with E-state index >= 15 is 0 Å². The third-order valence-corrected chi connectivity index (χ3v) is 4.92. The molecule has 0 aliphatic rings. The van der Waals surface area contributed by atoms with Crippen LogP contribution in [0, 0.1) is 18.8 Å². The van der Waals surface area contributed by atoms with Gasteiger partial charge in [0.1, 0.15) is 0 Å². The molecular formula is C18H25N3O2Si. The Morgan fingerprint density at radius 1 is 1.29 bits per heavy atom. The third-order valence-electron chi connectivity index (χ3n) is 3.69. The molecule has 0 radical (unpaired) electrons. The molecule has 1 aromatic heterocycles. The molecule has 2 aromatic rings. The predicted octanol–water partition coefficient (Wildman–Crippen LogP) is 2.64. The van der Waals surface area contributed by atoms with Gasteiger partial charge in [-0.15, -0.1) is 11.0 Å². The minimum atomic E-state index is -1.16. The van der Waals surface area contributed by atoms with Crippen molar-refractivity contribution in [2.24, 2.45) is 7.05 Å². The predicted molar refractivity (Wildman–Crippen MR) is 99.3 cm³/mol. The quantitative estimate of drug-likeness (QED) is 0.633. The van der Waals surface area contributed by atoms with Gasteiger partial charge in [0.15, 0.2) is 0 Å². The number of hydrogen-bond acceptors (Lipinski definition) is 3. The first-order valence-electron chi connectivity index (χ1n) is 7.97. The van der Waals surface area contributed by atoms with Crippen LogP contribution in [-0.4, -0.2) is 29.5 Å². The summed E-state index contributed by atoms with van der Waals surface area (Å²) in [6, 6.07) is 7.41. The van der Waals surface area contributed by atoms with E-state index in [1.54, 1.807) is 7.05 Å². The Morgan fingerprint density at radius 3 is 2.62 bits per heavy atom. The highest BCUT2D eigenvalue weighted by molar-refractivity contribution is 6.76. The van der Waals surface area contributed by atoms with Crippen LogP contribution in [0.1, 0.15) is 16.7 Å². The van der Waals surface area contributed by atoms with Crippen molar-refractivity contribution < 1.29 is 4.74 Å². The first-order valence-corrected chi connectivity index (χ1v) is 11.7. The zero-order valence-corrected chi connectivity index (χ0v) is 16.3. The third kappa shape index (κ3) is 4.39. The summed E-state index contributed by atoms with van der Waals surface area (Å²) in [5.74, 6) is 6.54. The molecule has 0 atom stereocenters. The van der Waals surface area contributed by atoms with Gasteiger partial charge in [0.05, 0.1) is 21.7 Å². The monoisotopic (exact) mass is 343 g/mol. The van der Waals surface area contributed by atoms with E-state index < -0.39 is 8.07 Å². The number of nitrogens with zero attached hydrogens (tertiary/aromatic N) is 3. The molecular weight excluding hydrogens is 318 g/mol. The number of aryl methyl sites for hydroxylation is 2. The van der Waals surface area contributed by atoms with E-state index in [0.29, 0.717) is 12.6 Å². The Hall–Kier alpha value is -2.26. The van der Waals surface area contributed by atoms with Gasteiger partial charge in [-0.25, -0.2) is 14.0 Å². The first kappa shape index (κ1) is 18.1. The van der Waals surface area contributed by atoms with Crippen molar-refractivity contribution in [1.82, 2.24) is 14.3 Å². The summed E-state index contributed by atoms with van der Waals surface area (Å²) in [6.07, 6.45) is 0. The van der Waals surface area contributed by atoms with E-state index in [1.165, 1.54) is 16.4 Å². The van der Waals surface area contributed by atoms with Crippen LogP contribution in [0.25, 0.3) is 0 Å². The molecule has 0 N–H and O–H groups in total. The van der Waals surface area contributed by atoms with Crippen molar-refractivity contribution >= 4 is 8.07 Å². The highest BCUT2D eigenvalue weighted by Crippen LogP contribution is 2.15. The lowest BCUT2D eigenvalue weighted by Crippen LogP contribution is -2.23. The number of rotatable bonds is 4. The molecule has 24 heavy (non-hydrogen) atoms. The van der Waals surface area contributed by atoms with Crippen molar-refractivity contribution in [3.8, 4) is 17.9 Å². The van der Waals surface area contributed by atoms with Crippen LogP contribution in [0.3, 0.4) is 0 Å². The van der Waals surface area contributed by atoms with Crippen LogP contribution in [0.4, 0.5) is 0 Å². The average molecular weight is 344 g/mol. The summed E-state index contributed by atoms with van der Waals surface area (Å²) in [6.45, 7) is 9.38. The summed E-state index contributed by atoms with van der Waals surface area (Å²) < 4.78 is 8.01. The Kier molecular flexibility index (Phi) is 5.35. The fraction of sp³-hybridized carbons (Fsp3) is 0.444. The van der Waals surface area contributed by atoms with E-state index in [2.05, 4.69) is 36.6 Å².